The van der Waals surface area contributed by atoms with Gasteiger partial charge in [0, 0.05) is 12.2 Å². The van der Waals surface area contributed by atoms with E-state index in [2.05, 4.69) is 9.72 Å². The molecule has 13 heavy (non-hydrogen) atoms. The van der Waals surface area contributed by atoms with Crippen LogP contribution in [0.2, 0.25) is 0 Å². The van der Waals surface area contributed by atoms with Gasteiger partial charge < -0.3 is 9.47 Å². The molecule has 0 bridgehead atoms. The predicted molar refractivity (Wildman–Crippen MR) is 54.1 cm³/mol. The van der Waals surface area contributed by atoms with Gasteiger partial charge in [-0.05, 0) is 0 Å². The maximum absolute atomic E-state index is 7.55. The van der Waals surface area contributed by atoms with E-state index < -0.39 is 42.3 Å². The number of halogens is 2. The Bertz CT molecular complexity index is 489. The average Bonchev–Trinajstić information content (AvgIpc) is 2.21. The van der Waals surface area contributed by atoms with Crippen molar-refractivity contribution in [2.24, 2.45) is 0 Å². The molecule has 0 aliphatic rings. The van der Waals surface area contributed by atoms with Gasteiger partial charge in [-0.15, -0.1) is 24.0 Å². The van der Waals surface area contributed by atoms with E-state index in [4.69, 9.17) is 25.9 Å². The van der Waals surface area contributed by atoms with Crippen molar-refractivity contribution in [3.63, 3.8) is 0 Å². The van der Waals surface area contributed by atoms with Crippen LogP contribution < -0.4 is 9.47 Å². The number of hydrogen-bond acceptors (Lipinski definition) is 3. The van der Waals surface area contributed by atoms with Crippen molar-refractivity contribution in [2.45, 2.75) is 5.83 Å². The fourth-order valence-corrected chi connectivity index (χ4v) is 0.803. The summed E-state index contributed by atoms with van der Waals surface area (Å²) in [4.78, 5) is 3.49. The molecule has 0 amide bonds. The maximum Gasteiger partial charge on any atom is 0.183 e. The zero-order chi connectivity index (χ0) is 15.0. The topological polar surface area (TPSA) is 31.4 Å². The highest BCUT2D eigenvalue weighted by Gasteiger charge is 2.08. The summed E-state index contributed by atoms with van der Waals surface area (Å²) in [7, 11) is -1.76. The lowest BCUT2D eigenvalue weighted by molar-refractivity contribution is 0.350. The minimum atomic E-state index is -2.88. The Balaban J connectivity index is 0.00000361. The SMILES string of the molecule is Cl.[2H]c1nc(C([2H])([2H])Cl)c(OC)c(OC([2H])([2H])[2H])c1[2H]. The molecule has 0 atom stereocenters. The van der Waals surface area contributed by atoms with Crippen molar-refractivity contribution in [1.82, 2.24) is 4.98 Å². The van der Waals surface area contributed by atoms with Gasteiger partial charge in [-0.25, -0.2) is 0 Å². The smallest absolute Gasteiger partial charge is 0.183 e. The summed E-state index contributed by atoms with van der Waals surface area (Å²) in [6.45, 7) is 0. The molecule has 0 saturated heterocycles. The van der Waals surface area contributed by atoms with Crippen LogP contribution in [-0.4, -0.2) is 19.1 Å². The van der Waals surface area contributed by atoms with Crippen LogP contribution in [0.1, 0.15) is 15.3 Å². The van der Waals surface area contributed by atoms with E-state index in [0.29, 0.717) is 0 Å². The summed E-state index contributed by atoms with van der Waals surface area (Å²) >= 11 is 5.46. The van der Waals surface area contributed by atoms with E-state index in [-0.39, 0.29) is 12.4 Å². The van der Waals surface area contributed by atoms with Crippen molar-refractivity contribution >= 4 is 24.0 Å². The van der Waals surface area contributed by atoms with Crippen molar-refractivity contribution in [2.75, 3.05) is 14.1 Å². The molecule has 0 aliphatic carbocycles. The monoisotopic (exact) mass is 230 g/mol. The highest BCUT2D eigenvalue weighted by Crippen LogP contribution is 2.29. The Kier molecular flexibility index (Phi) is 2.13. The Morgan fingerprint density at radius 2 is 2.54 bits per heavy atom. The normalized spacial score (nSPS) is 18.8. The highest BCUT2D eigenvalue weighted by atomic mass is 35.5. The molecule has 0 spiro atoms. The lowest BCUT2D eigenvalue weighted by Crippen LogP contribution is -1.96. The van der Waals surface area contributed by atoms with Crippen LogP contribution in [0.4, 0.5) is 0 Å². The van der Waals surface area contributed by atoms with Crippen molar-refractivity contribution < 1.29 is 19.1 Å². The summed E-state index contributed by atoms with van der Waals surface area (Å²) in [5, 5.41) is 0. The van der Waals surface area contributed by atoms with E-state index >= 15 is 0 Å². The molecule has 3 nitrogen and oxygen atoms in total. The molecule has 0 saturated carbocycles. The quantitative estimate of drug-likeness (QED) is 0.747. The zero-order valence-electron chi connectivity index (χ0n) is 13.5. The fraction of sp³-hybridized carbons (Fsp3) is 0.375. The summed E-state index contributed by atoms with van der Waals surface area (Å²) in [5.74, 6) is -3.51. The van der Waals surface area contributed by atoms with Gasteiger partial charge in [-0.1, -0.05) is 0 Å². The highest BCUT2D eigenvalue weighted by molar-refractivity contribution is 6.17. The Morgan fingerprint density at radius 3 is 3.08 bits per heavy atom. The van der Waals surface area contributed by atoms with Crippen LogP contribution in [0, 0.1) is 0 Å². The number of nitrogens with zero attached hydrogens (tertiary/aromatic N) is 1. The molecule has 1 rings (SSSR count). The number of methoxy groups -OCH3 is 2. The minimum Gasteiger partial charge on any atom is -0.493 e. The summed E-state index contributed by atoms with van der Waals surface area (Å²) < 4.78 is 60.1. The Morgan fingerprint density at radius 1 is 1.77 bits per heavy atom. The Labute approximate surface area is 98.3 Å². The molecule has 0 unspecified atom stereocenters. The molecule has 1 aromatic heterocycles. The van der Waals surface area contributed by atoms with E-state index in [9.17, 15) is 0 Å². The van der Waals surface area contributed by atoms with E-state index in [0.717, 1.165) is 7.11 Å². The number of aromatic nitrogens is 1. The van der Waals surface area contributed by atoms with Crippen molar-refractivity contribution in [3.8, 4) is 11.5 Å². The van der Waals surface area contributed by atoms with Gasteiger partial charge >= 0.3 is 0 Å². The molecule has 1 heterocycles. The zero-order valence-corrected chi connectivity index (χ0v) is 8.12. The van der Waals surface area contributed by atoms with Gasteiger partial charge in [0.15, 0.2) is 11.5 Å². The van der Waals surface area contributed by atoms with Crippen molar-refractivity contribution in [3.05, 3.63) is 17.9 Å². The second kappa shape index (κ2) is 5.89. The molecule has 0 aliphatic heterocycles. The number of ether oxygens (including phenoxy) is 2. The van der Waals surface area contributed by atoms with Crippen LogP contribution in [0.25, 0.3) is 0 Å². The summed E-state index contributed by atoms with van der Waals surface area (Å²) in [6.07, 6.45) is -0.667. The fourth-order valence-electron chi connectivity index (χ4n) is 0.675. The summed E-state index contributed by atoms with van der Waals surface area (Å²) in [5.41, 5.74) is -0.517. The molecule has 74 valence electrons. The number of hydrogen-bond donors (Lipinski definition) is 0. The largest absolute Gasteiger partial charge is 0.493 e. The Hall–Kier alpha value is -0.670. The van der Waals surface area contributed by atoms with Crippen molar-refractivity contribution in [1.29, 1.82) is 0 Å². The first-order chi connectivity index (χ1) is 8.47. The third kappa shape index (κ3) is 2.64. The van der Waals surface area contributed by atoms with E-state index in [1.54, 1.807) is 0 Å². The molecule has 0 fully saturated rings. The van der Waals surface area contributed by atoms with Gasteiger partial charge in [-0.3, -0.25) is 4.98 Å². The first-order valence-corrected chi connectivity index (χ1v) is 3.28. The van der Waals surface area contributed by atoms with Crippen LogP contribution in [0.15, 0.2) is 12.2 Å². The van der Waals surface area contributed by atoms with Gasteiger partial charge in [0.2, 0.25) is 0 Å². The van der Waals surface area contributed by atoms with Crippen LogP contribution >= 0.6 is 24.0 Å². The summed E-state index contributed by atoms with van der Waals surface area (Å²) in [6, 6.07) is -0.627. The second-order valence-electron chi connectivity index (χ2n) is 1.76. The molecule has 1 aromatic rings. The van der Waals surface area contributed by atoms with Crippen LogP contribution in [0.5, 0.6) is 11.5 Å². The van der Waals surface area contributed by atoms with Crippen LogP contribution in [-0.2, 0) is 5.83 Å². The first kappa shape index (κ1) is 4.71. The molecule has 0 N–H and O–H groups in total. The predicted octanol–water partition coefficient (Wildman–Crippen LogP) is 2.26. The molecular weight excluding hydrogens is 213 g/mol. The molecular formula is C8H11Cl2NO2. The minimum absolute atomic E-state index is 0. The van der Waals surface area contributed by atoms with Gasteiger partial charge in [0.1, 0.15) is 5.69 Å². The van der Waals surface area contributed by atoms with Crippen LogP contribution in [0.3, 0.4) is 0 Å². The third-order valence-corrected chi connectivity index (χ3v) is 1.33. The number of rotatable bonds is 3. The standard InChI is InChI=1S/C8H10ClNO2.ClH/c1-11-7-3-4-10-6(5-9)8(7)12-2;/h3-4H,5H2,1-2H3;1H/i1D3,3D,4D,5D2;. The van der Waals surface area contributed by atoms with Gasteiger partial charge in [0.05, 0.1) is 29.6 Å². The van der Waals surface area contributed by atoms with Gasteiger partial charge in [0.25, 0.3) is 0 Å². The van der Waals surface area contributed by atoms with E-state index in [1.807, 2.05) is 0 Å². The average molecular weight is 231 g/mol. The number of alkyl halides is 1. The first-order valence-electron chi connectivity index (χ1n) is 6.41. The molecule has 0 aromatic carbocycles. The lowest BCUT2D eigenvalue weighted by atomic mass is 10.3. The van der Waals surface area contributed by atoms with Gasteiger partial charge in [-0.2, -0.15) is 0 Å². The lowest BCUT2D eigenvalue weighted by Gasteiger charge is -2.08. The second-order valence-corrected chi connectivity index (χ2v) is 1.95. The molecule has 0 radical (unpaired) electrons. The third-order valence-electron chi connectivity index (χ3n) is 1.15. The number of pyridine rings is 1. The van der Waals surface area contributed by atoms with E-state index in [1.165, 1.54) is 0 Å². The molecule has 5 heteroatoms. The maximum atomic E-state index is 7.55.